The number of aromatic nitrogens is 4. The van der Waals surface area contributed by atoms with Gasteiger partial charge in [-0.3, -0.25) is 14.6 Å². The Bertz CT molecular complexity index is 637. The molecule has 3 N–H and O–H groups in total. The minimum Gasteiger partial charge on any atom is -0.364 e. The van der Waals surface area contributed by atoms with Crippen LogP contribution >= 0.6 is 0 Å². The van der Waals surface area contributed by atoms with Crippen LogP contribution < -0.4 is 5.73 Å². The van der Waals surface area contributed by atoms with Crippen molar-refractivity contribution in [2.75, 3.05) is 0 Å². The van der Waals surface area contributed by atoms with Crippen molar-refractivity contribution in [1.82, 2.24) is 20.0 Å². The van der Waals surface area contributed by atoms with Gasteiger partial charge in [0.1, 0.15) is 5.69 Å². The van der Waals surface area contributed by atoms with E-state index in [9.17, 15) is 4.79 Å². The molecule has 0 saturated carbocycles. The average Bonchev–Trinajstić information content (AvgIpc) is 2.88. The van der Waals surface area contributed by atoms with Crippen LogP contribution in [0.4, 0.5) is 0 Å². The number of nitrogens with zero attached hydrogens (tertiary/aromatic N) is 3. The van der Waals surface area contributed by atoms with E-state index in [4.69, 9.17) is 5.73 Å². The molecule has 0 unspecified atom stereocenters. The Balaban J connectivity index is 2.04. The molecule has 0 aromatic carbocycles. The van der Waals surface area contributed by atoms with Gasteiger partial charge in [0, 0.05) is 23.9 Å². The second-order valence-corrected chi connectivity index (χ2v) is 5.40. The van der Waals surface area contributed by atoms with E-state index in [1.807, 2.05) is 10.9 Å². The Labute approximate surface area is 111 Å². The summed E-state index contributed by atoms with van der Waals surface area (Å²) in [6.07, 6.45) is 3.60. The molecule has 1 aliphatic carbocycles. The van der Waals surface area contributed by atoms with Crippen molar-refractivity contribution in [3.63, 3.8) is 0 Å². The largest absolute Gasteiger partial charge is 0.364 e. The molecular formula is C13H17N5O. The summed E-state index contributed by atoms with van der Waals surface area (Å²) in [5.74, 6) is 0.0907. The fourth-order valence-corrected chi connectivity index (χ4v) is 2.59. The van der Waals surface area contributed by atoms with Gasteiger partial charge in [-0.1, -0.05) is 13.8 Å². The third-order valence-electron chi connectivity index (χ3n) is 3.37. The number of H-pyrrole nitrogens is 1. The van der Waals surface area contributed by atoms with E-state index < -0.39 is 5.91 Å². The highest BCUT2D eigenvalue weighted by atomic mass is 16.1. The highest BCUT2D eigenvalue weighted by Gasteiger charge is 2.26. The number of carbonyl (C=O) groups is 1. The number of fused-ring (bicyclic) bond motifs is 3. The molecule has 0 aliphatic heterocycles. The van der Waals surface area contributed by atoms with Crippen molar-refractivity contribution in [3.05, 3.63) is 23.1 Å². The molecule has 0 saturated heterocycles. The fraction of sp³-hybridized carbons (Fsp3) is 0.462. The number of nitrogens with one attached hydrogen (secondary N) is 1. The van der Waals surface area contributed by atoms with E-state index in [2.05, 4.69) is 29.1 Å². The molecule has 19 heavy (non-hydrogen) atoms. The first kappa shape index (κ1) is 12.0. The monoisotopic (exact) mass is 259 g/mol. The number of hydrogen-bond donors (Lipinski definition) is 2. The minimum atomic E-state index is -0.452. The number of nitrogens with two attached hydrogens (primary N) is 1. The van der Waals surface area contributed by atoms with E-state index in [0.717, 1.165) is 41.9 Å². The molecule has 2 aromatic heterocycles. The predicted octanol–water partition coefficient (Wildman–Crippen LogP) is 1.13. The van der Waals surface area contributed by atoms with Gasteiger partial charge in [0.15, 0.2) is 0 Å². The van der Waals surface area contributed by atoms with Gasteiger partial charge in [0.05, 0.1) is 11.4 Å². The van der Waals surface area contributed by atoms with Gasteiger partial charge in [-0.25, -0.2) is 0 Å². The number of aryl methyl sites for hydroxylation is 1. The lowest BCUT2D eigenvalue weighted by atomic mass is 9.94. The summed E-state index contributed by atoms with van der Waals surface area (Å²) in [7, 11) is 0. The van der Waals surface area contributed by atoms with Gasteiger partial charge >= 0.3 is 0 Å². The molecule has 2 heterocycles. The molecular weight excluding hydrogens is 242 g/mol. The highest BCUT2D eigenvalue weighted by molar-refractivity contribution is 5.94. The number of carbonyl (C=O) groups excluding carboxylic acids is 1. The average molecular weight is 259 g/mol. The lowest BCUT2D eigenvalue weighted by Crippen LogP contribution is -2.15. The van der Waals surface area contributed by atoms with Gasteiger partial charge < -0.3 is 5.73 Å². The normalized spacial score (nSPS) is 13.4. The third kappa shape index (κ3) is 1.93. The first-order valence-corrected chi connectivity index (χ1v) is 6.50. The van der Waals surface area contributed by atoms with Crippen LogP contribution in [0.3, 0.4) is 0 Å². The summed E-state index contributed by atoms with van der Waals surface area (Å²) < 4.78 is 1.96. The van der Waals surface area contributed by atoms with Gasteiger partial charge in [-0.15, -0.1) is 0 Å². The van der Waals surface area contributed by atoms with Gasteiger partial charge in [-0.2, -0.15) is 10.2 Å². The summed E-state index contributed by atoms with van der Waals surface area (Å²) in [6, 6.07) is 0. The minimum absolute atomic E-state index is 0.428. The maximum Gasteiger partial charge on any atom is 0.267 e. The smallest absolute Gasteiger partial charge is 0.267 e. The van der Waals surface area contributed by atoms with Crippen molar-refractivity contribution in [2.45, 2.75) is 33.2 Å². The summed E-state index contributed by atoms with van der Waals surface area (Å²) in [5.41, 5.74) is 9.59. The first-order chi connectivity index (χ1) is 9.06. The Hall–Kier alpha value is -2.11. The van der Waals surface area contributed by atoms with Crippen LogP contribution in [0.2, 0.25) is 0 Å². The first-order valence-electron chi connectivity index (χ1n) is 6.50. The van der Waals surface area contributed by atoms with E-state index in [-0.39, 0.29) is 0 Å². The fourth-order valence-electron chi connectivity index (χ4n) is 2.59. The molecule has 0 radical (unpaired) electrons. The zero-order valence-corrected chi connectivity index (χ0v) is 11.1. The van der Waals surface area contributed by atoms with Crippen LogP contribution in [-0.4, -0.2) is 25.9 Å². The van der Waals surface area contributed by atoms with Crippen LogP contribution in [0.15, 0.2) is 6.20 Å². The van der Waals surface area contributed by atoms with Crippen molar-refractivity contribution in [3.8, 4) is 11.3 Å². The number of hydrogen-bond acceptors (Lipinski definition) is 3. The molecule has 1 aliphatic rings. The SMILES string of the molecule is CC(C)Cn1cc2c(n1)CCc1c-2n[nH]c1C(N)=O. The Morgan fingerprint density at radius 2 is 2.32 bits per heavy atom. The van der Waals surface area contributed by atoms with Crippen LogP contribution in [0.1, 0.15) is 35.6 Å². The predicted molar refractivity (Wildman–Crippen MR) is 70.6 cm³/mol. The van der Waals surface area contributed by atoms with E-state index in [1.54, 1.807) is 0 Å². The summed E-state index contributed by atoms with van der Waals surface area (Å²) in [6.45, 7) is 5.20. The van der Waals surface area contributed by atoms with E-state index in [0.29, 0.717) is 11.6 Å². The van der Waals surface area contributed by atoms with Gasteiger partial charge in [0.2, 0.25) is 0 Å². The second kappa shape index (κ2) is 4.22. The molecule has 0 fully saturated rings. The molecule has 6 nitrogen and oxygen atoms in total. The van der Waals surface area contributed by atoms with E-state index in [1.165, 1.54) is 0 Å². The van der Waals surface area contributed by atoms with E-state index >= 15 is 0 Å². The molecule has 0 atom stereocenters. The maximum absolute atomic E-state index is 11.3. The number of rotatable bonds is 3. The van der Waals surface area contributed by atoms with Gasteiger partial charge in [-0.05, 0) is 18.8 Å². The maximum atomic E-state index is 11.3. The lowest BCUT2D eigenvalue weighted by molar-refractivity contribution is 0.0994. The Morgan fingerprint density at radius 3 is 3.00 bits per heavy atom. The Kier molecular flexibility index (Phi) is 2.66. The van der Waals surface area contributed by atoms with Crippen molar-refractivity contribution in [1.29, 1.82) is 0 Å². The molecule has 1 amide bonds. The summed E-state index contributed by atoms with van der Waals surface area (Å²) in [4.78, 5) is 11.3. The van der Waals surface area contributed by atoms with Crippen LogP contribution in [0.5, 0.6) is 0 Å². The zero-order chi connectivity index (χ0) is 13.6. The van der Waals surface area contributed by atoms with Crippen LogP contribution in [0.25, 0.3) is 11.3 Å². The molecule has 6 heteroatoms. The molecule has 0 spiro atoms. The van der Waals surface area contributed by atoms with Crippen molar-refractivity contribution < 1.29 is 4.79 Å². The topological polar surface area (TPSA) is 89.6 Å². The number of primary amides is 1. The zero-order valence-electron chi connectivity index (χ0n) is 11.1. The van der Waals surface area contributed by atoms with Crippen LogP contribution in [0, 0.1) is 5.92 Å². The Morgan fingerprint density at radius 1 is 1.53 bits per heavy atom. The number of aromatic amines is 1. The summed E-state index contributed by atoms with van der Waals surface area (Å²) in [5, 5.41) is 11.6. The molecule has 100 valence electrons. The van der Waals surface area contributed by atoms with Crippen molar-refractivity contribution >= 4 is 5.91 Å². The second-order valence-electron chi connectivity index (χ2n) is 5.40. The quantitative estimate of drug-likeness (QED) is 0.865. The lowest BCUT2D eigenvalue weighted by Gasteiger charge is -2.09. The molecule has 3 rings (SSSR count). The van der Waals surface area contributed by atoms with Crippen molar-refractivity contribution in [2.24, 2.45) is 11.7 Å². The van der Waals surface area contributed by atoms with Crippen LogP contribution in [-0.2, 0) is 19.4 Å². The molecule has 0 bridgehead atoms. The molecule has 2 aromatic rings. The third-order valence-corrected chi connectivity index (χ3v) is 3.37. The highest BCUT2D eigenvalue weighted by Crippen LogP contribution is 2.32. The van der Waals surface area contributed by atoms with Gasteiger partial charge in [0.25, 0.3) is 5.91 Å². The standard InChI is InChI=1S/C13H17N5O/c1-7(2)5-18-6-9-10(17-18)4-3-8-11(9)15-16-12(8)13(14)19/h6-7H,3-5H2,1-2H3,(H2,14,19)(H,15,16). The summed E-state index contributed by atoms with van der Waals surface area (Å²) >= 11 is 0. The number of amides is 1.